The summed E-state index contributed by atoms with van der Waals surface area (Å²) in [6.45, 7) is 0.363. The van der Waals surface area contributed by atoms with Crippen LogP contribution in [0.3, 0.4) is 0 Å². The number of rotatable bonds is 7. The molecule has 0 unspecified atom stereocenters. The average molecular weight is 376 g/mol. The molecule has 0 spiro atoms. The first-order valence-electron chi connectivity index (χ1n) is 8.72. The number of hydrogen-bond donors (Lipinski definition) is 1. The topological polar surface area (TPSA) is 69.7 Å². The molecule has 28 heavy (non-hydrogen) atoms. The standard InChI is InChI=1S/C22H20N2O4/c1-26-18-9-11-19(12-10-18)28-16-21(25)23-13-2-3-15-27-20-8-4-6-17-7-5-14-24-22(17)20/h4-12,14H,13,15-16H2,1H3,(H,23,25). The zero-order valence-electron chi connectivity index (χ0n) is 15.5. The molecule has 0 radical (unpaired) electrons. The number of methoxy groups -OCH3 is 1. The SMILES string of the molecule is COc1ccc(OCC(=O)NCC#CCOc2cccc3cccnc23)cc1. The van der Waals surface area contributed by atoms with Gasteiger partial charge in [-0.1, -0.05) is 30.0 Å². The van der Waals surface area contributed by atoms with Gasteiger partial charge in [-0.05, 0) is 36.4 Å². The summed E-state index contributed by atoms with van der Waals surface area (Å²) in [5, 5.41) is 3.68. The van der Waals surface area contributed by atoms with Crippen LogP contribution in [-0.4, -0.2) is 37.8 Å². The van der Waals surface area contributed by atoms with Crippen LogP contribution in [0.15, 0.2) is 60.8 Å². The summed E-state index contributed by atoms with van der Waals surface area (Å²) in [7, 11) is 1.59. The van der Waals surface area contributed by atoms with Crippen LogP contribution in [0.2, 0.25) is 0 Å². The molecular weight excluding hydrogens is 356 g/mol. The van der Waals surface area contributed by atoms with Crippen LogP contribution in [-0.2, 0) is 4.79 Å². The molecular formula is C22H20N2O4. The number of para-hydroxylation sites is 1. The number of pyridine rings is 1. The van der Waals surface area contributed by atoms with Gasteiger partial charge in [0.25, 0.3) is 5.91 Å². The predicted molar refractivity (Wildman–Crippen MR) is 107 cm³/mol. The Morgan fingerprint density at radius 3 is 2.61 bits per heavy atom. The fraction of sp³-hybridized carbons (Fsp3) is 0.182. The average Bonchev–Trinajstić information content (AvgIpc) is 2.75. The van der Waals surface area contributed by atoms with Gasteiger partial charge in [0, 0.05) is 11.6 Å². The number of ether oxygens (including phenoxy) is 3. The van der Waals surface area contributed by atoms with E-state index in [9.17, 15) is 4.79 Å². The molecule has 3 aromatic rings. The summed E-state index contributed by atoms with van der Waals surface area (Å²) in [6.07, 6.45) is 1.73. The lowest BCUT2D eigenvalue weighted by molar-refractivity contribution is -0.122. The molecule has 0 fully saturated rings. The van der Waals surface area contributed by atoms with Crippen molar-refractivity contribution < 1.29 is 19.0 Å². The predicted octanol–water partition coefficient (Wildman–Crippen LogP) is 2.82. The molecule has 3 rings (SSSR count). The lowest BCUT2D eigenvalue weighted by Crippen LogP contribution is -2.29. The minimum absolute atomic E-state index is 0.0772. The van der Waals surface area contributed by atoms with Crippen molar-refractivity contribution in [1.82, 2.24) is 10.3 Å². The van der Waals surface area contributed by atoms with Crippen LogP contribution in [0, 0.1) is 11.8 Å². The quantitative estimate of drug-likeness (QED) is 0.642. The van der Waals surface area contributed by atoms with Gasteiger partial charge in [-0.2, -0.15) is 0 Å². The molecule has 0 aliphatic heterocycles. The number of aromatic nitrogens is 1. The maximum Gasteiger partial charge on any atom is 0.258 e. The van der Waals surface area contributed by atoms with Crippen LogP contribution in [0.5, 0.6) is 17.2 Å². The summed E-state index contributed by atoms with van der Waals surface area (Å²) in [6, 6.07) is 16.6. The highest BCUT2D eigenvalue weighted by Crippen LogP contribution is 2.22. The Balaban J connectivity index is 1.38. The minimum Gasteiger partial charge on any atom is -0.497 e. The Kier molecular flexibility index (Phi) is 6.69. The van der Waals surface area contributed by atoms with Gasteiger partial charge in [0.15, 0.2) is 6.61 Å². The third-order valence-electron chi connectivity index (χ3n) is 3.82. The molecule has 0 saturated carbocycles. The molecule has 2 aromatic carbocycles. The summed E-state index contributed by atoms with van der Waals surface area (Å²) >= 11 is 0. The molecule has 1 aromatic heterocycles. The van der Waals surface area contributed by atoms with Crippen molar-refractivity contribution in [1.29, 1.82) is 0 Å². The first-order chi connectivity index (χ1) is 13.8. The number of nitrogens with zero attached hydrogens (tertiary/aromatic N) is 1. The van der Waals surface area contributed by atoms with Gasteiger partial charge in [-0.3, -0.25) is 9.78 Å². The van der Waals surface area contributed by atoms with E-state index < -0.39 is 0 Å². The number of amides is 1. The molecule has 1 N–H and O–H groups in total. The minimum atomic E-state index is -0.246. The van der Waals surface area contributed by atoms with E-state index >= 15 is 0 Å². The van der Waals surface area contributed by atoms with Crippen molar-refractivity contribution in [2.45, 2.75) is 0 Å². The second-order valence-electron chi connectivity index (χ2n) is 5.71. The van der Waals surface area contributed by atoms with E-state index in [2.05, 4.69) is 22.1 Å². The lowest BCUT2D eigenvalue weighted by atomic mass is 10.2. The first-order valence-corrected chi connectivity index (χ1v) is 8.72. The number of hydrogen-bond acceptors (Lipinski definition) is 5. The third-order valence-corrected chi connectivity index (χ3v) is 3.82. The molecule has 0 atom stereocenters. The highest BCUT2D eigenvalue weighted by Gasteiger charge is 2.02. The second-order valence-corrected chi connectivity index (χ2v) is 5.71. The molecule has 0 aliphatic carbocycles. The van der Waals surface area contributed by atoms with Gasteiger partial charge < -0.3 is 19.5 Å². The van der Waals surface area contributed by atoms with E-state index in [1.807, 2.05) is 30.3 Å². The van der Waals surface area contributed by atoms with Crippen molar-refractivity contribution in [3.8, 4) is 29.1 Å². The van der Waals surface area contributed by atoms with Crippen LogP contribution >= 0.6 is 0 Å². The first kappa shape index (κ1) is 19.1. The number of nitrogens with one attached hydrogen (secondary N) is 1. The Morgan fingerprint density at radius 2 is 1.79 bits per heavy atom. The number of carbonyl (C=O) groups excluding carboxylic acids is 1. The summed E-state index contributed by atoms with van der Waals surface area (Å²) < 4.78 is 16.1. The van der Waals surface area contributed by atoms with E-state index in [1.54, 1.807) is 37.6 Å². The van der Waals surface area contributed by atoms with Gasteiger partial charge in [0.2, 0.25) is 0 Å². The summed E-state index contributed by atoms with van der Waals surface area (Å²) in [5.41, 5.74) is 0.802. The van der Waals surface area contributed by atoms with Crippen molar-refractivity contribution in [2.75, 3.05) is 26.9 Å². The van der Waals surface area contributed by atoms with E-state index in [4.69, 9.17) is 14.2 Å². The Bertz CT molecular complexity index is 985. The zero-order chi connectivity index (χ0) is 19.6. The monoisotopic (exact) mass is 376 g/mol. The molecule has 1 amide bonds. The number of fused-ring (bicyclic) bond motifs is 1. The van der Waals surface area contributed by atoms with E-state index in [1.165, 1.54) is 0 Å². The van der Waals surface area contributed by atoms with Gasteiger partial charge in [-0.25, -0.2) is 0 Å². The molecule has 0 saturated heterocycles. The Hall–Kier alpha value is -3.72. The third kappa shape index (κ3) is 5.39. The van der Waals surface area contributed by atoms with Crippen molar-refractivity contribution in [3.05, 3.63) is 60.8 Å². The van der Waals surface area contributed by atoms with E-state index in [0.29, 0.717) is 11.5 Å². The van der Waals surface area contributed by atoms with Gasteiger partial charge in [0.1, 0.15) is 29.4 Å². The summed E-state index contributed by atoms with van der Waals surface area (Å²) in [4.78, 5) is 16.1. The second kappa shape index (κ2) is 9.83. The molecule has 0 bridgehead atoms. The van der Waals surface area contributed by atoms with Crippen LogP contribution in [0.4, 0.5) is 0 Å². The van der Waals surface area contributed by atoms with Crippen LogP contribution in [0.25, 0.3) is 10.9 Å². The van der Waals surface area contributed by atoms with Crippen molar-refractivity contribution in [3.63, 3.8) is 0 Å². The Labute approximate surface area is 163 Å². The molecule has 142 valence electrons. The fourth-order valence-electron chi connectivity index (χ4n) is 2.43. The van der Waals surface area contributed by atoms with Crippen molar-refractivity contribution in [2.24, 2.45) is 0 Å². The van der Waals surface area contributed by atoms with Crippen molar-refractivity contribution >= 4 is 16.8 Å². The van der Waals surface area contributed by atoms with Gasteiger partial charge >= 0.3 is 0 Å². The lowest BCUT2D eigenvalue weighted by Gasteiger charge is -2.06. The maximum atomic E-state index is 11.8. The number of benzene rings is 2. The fourth-order valence-corrected chi connectivity index (χ4v) is 2.43. The molecule has 6 nitrogen and oxygen atoms in total. The molecule has 0 aliphatic rings. The number of carbonyl (C=O) groups is 1. The largest absolute Gasteiger partial charge is 0.497 e. The molecule has 1 heterocycles. The maximum absolute atomic E-state index is 11.8. The summed E-state index contributed by atoms with van der Waals surface area (Å²) in [5.74, 6) is 7.48. The van der Waals surface area contributed by atoms with E-state index in [0.717, 1.165) is 16.7 Å². The van der Waals surface area contributed by atoms with E-state index in [-0.39, 0.29) is 25.7 Å². The van der Waals surface area contributed by atoms with Crippen LogP contribution in [0.1, 0.15) is 0 Å². The Morgan fingerprint density at radius 1 is 1.00 bits per heavy atom. The van der Waals surface area contributed by atoms with Gasteiger partial charge in [-0.15, -0.1) is 0 Å². The smallest absolute Gasteiger partial charge is 0.258 e. The highest BCUT2D eigenvalue weighted by atomic mass is 16.5. The highest BCUT2D eigenvalue weighted by molar-refractivity contribution is 5.84. The van der Waals surface area contributed by atoms with Crippen LogP contribution < -0.4 is 19.5 Å². The van der Waals surface area contributed by atoms with Gasteiger partial charge in [0.05, 0.1) is 13.7 Å². The zero-order valence-corrected chi connectivity index (χ0v) is 15.5. The normalized spacial score (nSPS) is 9.89. The molecule has 6 heteroatoms.